The van der Waals surface area contributed by atoms with Crippen LogP contribution in [0.25, 0.3) is 0 Å². The highest BCUT2D eigenvalue weighted by Gasteiger charge is 1.84. The summed E-state index contributed by atoms with van der Waals surface area (Å²) in [4.78, 5) is 0. The molecule has 0 spiro atoms. The van der Waals surface area contributed by atoms with Crippen molar-refractivity contribution >= 4 is 27.3 Å². The standard InChI is InChI=1S/C6H6BBr.2H2O/c8-7-6-4-2-1-3-5-6;;/h1-5,7H;2*1H2. The molecule has 1 rings (SSSR count). The van der Waals surface area contributed by atoms with Crippen LogP contribution >= 0.6 is 15.8 Å². The quantitative estimate of drug-likeness (QED) is 0.550. The zero-order valence-electron chi connectivity index (χ0n) is 5.47. The van der Waals surface area contributed by atoms with E-state index >= 15 is 0 Å². The van der Waals surface area contributed by atoms with Gasteiger partial charge in [0, 0.05) is 0 Å². The second-order valence-corrected chi connectivity index (χ2v) is 2.18. The van der Waals surface area contributed by atoms with Crippen molar-refractivity contribution < 1.29 is 11.0 Å². The highest BCUT2D eigenvalue weighted by molar-refractivity contribution is 9.23. The molecule has 0 radical (unpaired) electrons. The van der Waals surface area contributed by atoms with Gasteiger partial charge in [-0.2, -0.15) is 15.8 Å². The maximum atomic E-state index is 3.36. The van der Waals surface area contributed by atoms with E-state index in [2.05, 4.69) is 27.9 Å². The van der Waals surface area contributed by atoms with Gasteiger partial charge in [0.1, 0.15) is 0 Å². The summed E-state index contributed by atoms with van der Waals surface area (Å²) in [6.45, 7) is 0. The van der Waals surface area contributed by atoms with Gasteiger partial charge in [-0.25, -0.2) is 0 Å². The second-order valence-electron chi connectivity index (χ2n) is 1.62. The lowest BCUT2D eigenvalue weighted by atomic mass is 9.96. The number of hydrogen-bond acceptors (Lipinski definition) is 0. The third-order valence-electron chi connectivity index (χ3n) is 0.997. The average molecular weight is 205 g/mol. The van der Waals surface area contributed by atoms with Crippen molar-refractivity contribution in [2.45, 2.75) is 0 Å². The predicted octanol–water partition coefficient (Wildman–Crippen LogP) is -0.591. The molecular weight excluding hydrogens is 195 g/mol. The van der Waals surface area contributed by atoms with Crippen LogP contribution in [-0.2, 0) is 0 Å². The molecule has 10 heavy (non-hydrogen) atoms. The molecule has 1 aromatic carbocycles. The maximum Gasteiger partial charge on any atom is 0.237 e. The van der Waals surface area contributed by atoms with Gasteiger partial charge in [-0.15, -0.1) is 0 Å². The number of benzene rings is 1. The second kappa shape index (κ2) is 6.80. The van der Waals surface area contributed by atoms with Crippen molar-refractivity contribution in [3.05, 3.63) is 30.3 Å². The minimum absolute atomic E-state index is 0. The first kappa shape index (κ1) is 12.4. The van der Waals surface area contributed by atoms with E-state index in [1.54, 1.807) is 0 Å². The van der Waals surface area contributed by atoms with E-state index in [0.29, 0.717) is 0 Å². The summed E-state index contributed by atoms with van der Waals surface area (Å²) < 4.78 is 0. The first-order valence-electron chi connectivity index (χ1n) is 2.53. The Bertz CT molecular complexity index is 157. The molecule has 0 unspecified atom stereocenters. The van der Waals surface area contributed by atoms with E-state index in [-0.39, 0.29) is 11.0 Å². The predicted molar refractivity (Wildman–Crippen MR) is 49.4 cm³/mol. The smallest absolute Gasteiger partial charge is 0.237 e. The molecular formula is C6H10BBrO2. The highest BCUT2D eigenvalue weighted by atomic mass is 79.9. The van der Waals surface area contributed by atoms with Crippen LogP contribution in [0.1, 0.15) is 0 Å². The average Bonchev–Trinajstić information content (AvgIpc) is 1.90. The molecule has 0 saturated heterocycles. The van der Waals surface area contributed by atoms with Crippen LogP contribution in [0.4, 0.5) is 0 Å². The molecule has 1 aromatic rings. The van der Waals surface area contributed by atoms with Crippen LogP contribution < -0.4 is 5.46 Å². The Morgan fingerprint density at radius 2 is 1.50 bits per heavy atom. The minimum atomic E-state index is 0. The third-order valence-corrected chi connectivity index (χ3v) is 1.64. The van der Waals surface area contributed by atoms with Gasteiger partial charge >= 0.3 is 0 Å². The Balaban J connectivity index is 0. The molecule has 2 nitrogen and oxygen atoms in total. The van der Waals surface area contributed by atoms with Crippen LogP contribution in [0, 0.1) is 0 Å². The van der Waals surface area contributed by atoms with Crippen LogP contribution in [0.5, 0.6) is 0 Å². The Hall–Kier alpha value is -0.315. The van der Waals surface area contributed by atoms with Gasteiger partial charge in [-0.05, 0) is 0 Å². The summed E-state index contributed by atoms with van der Waals surface area (Å²) in [5.74, 6) is 0. The molecule has 0 amide bonds. The molecule has 56 valence electrons. The van der Waals surface area contributed by atoms with Crippen molar-refractivity contribution in [1.82, 2.24) is 0 Å². The van der Waals surface area contributed by atoms with E-state index in [1.807, 2.05) is 18.2 Å². The fourth-order valence-electron chi connectivity index (χ4n) is 0.567. The van der Waals surface area contributed by atoms with Gasteiger partial charge in [0.25, 0.3) is 0 Å². The molecule has 0 aliphatic heterocycles. The summed E-state index contributed by atoms with van der Waals surface area (Å²) in [6.07, 6.45) is 0.952. The molecule has 4 heteroatoms. The minimum Gasteiger partial charge on any atom is -0.412 e. The van der Waals surface area contributed by atoms with Crippen molar-refractivity contribution in [3.8, 4) is 0 Å². The summed E-state index contributed by atoms with van der Waals surface area (Å²) in [5.41, 5.74) is 1.33. The van der Waals surface area contributed by atoms with Gasteiger partial charge in [0.05, 0.1) is 0 Å². The fraction of sp³-hybridized carbons (Fsp3) is 0. The van der Waals surface area contributed by atoms with E-state index in [1.165, 1.54) is 5.46 Å². The van der Waals surface area contributed by atoms with Crippen LogP contribution in [0.15, 0.2) is 30.3 Å². The van der Waals surface area contributed by atoms with Gasteiger partial charge in [-0.1, -0.05) is 35.8 Å². The normalized spacial score (nSPS) is 6.90. The molecule has 0 fully saturated rings. The highest BCUT2D eigenvalue weighted by Crippen LogP contribution is 1.82. The number of hydrogen-bond donors (Lipinski definition) is 0. The number of rotatable bonds is 1. The largest absolute Gasteiger partial charge is 0.412 e. The molecule has 4 N–H and O–H groups in total. The summed E-state index contributed by atoms with van der Waals surface area (Å²) in [7, 11) is 0. The van der Waals surface area contributed by atoms with Crippen molar-refractivity contribution in [1.29, 1.82) is 0 Å². The lowest BCUT2D eigenvalue weighted by molar-refractivity contribution is 0.823. The van der Waals surface area contributed by atoms with Gasteiger partial charge in [0.15, 0.2) is 0 Å². The first-order chi connectivity index (χ1) is 3.93. The topological polar surface area (TPSA) is 63.0 Å². The van der Waals surface area contributed by atoms with Crippen LogP contribution in [-0.4, -0.2) is 17.1 Å². The zero-order chi connectivity index (χ0) is 5.82. The Morgan fingerprint density at radius 3 is 1.80 bits per heavy atom. The third kappa shape index (κ3) is 3.66. The van der Waals surface area contributed by atoms with Crippen LogP contribution in [0.3, 0.4) is 0 Å². The van der Waals surface area contributed by atoms with Gasteiger partial charge < -0.3 is 11.0 Å². The van der Waals surface area contributed by atoms with Gasteiger partial charge in [0.2, 0.25) is 6.10 Å². The maximum absolute atomic E-state index is 3.36. The van der Waals surface area contributed by atoms with Crippen molar-refractivity contribution in [2.75, 3.05) is 0 Å². The zero-order valence-corrected chi connectivity index (χ0v) is 7.06. The van der Waals surface area contributed by atoms with E-state index in [9.17, 15) is 0 Å². The fourth-order valence-corrected chi connectivity index (χ4v) is 0.941. The molecule has 0 heterocycles. The van der Waals surface area contributed by atoms with Gasteiger partial charge in [-0.3, -0.25) is 0 Å². The Morgan fingerprint density at radius 1 is 1.00 bits per heavy atom. The monoisotopic (exact) mass is 204 g/mol. The molecule has 0 aliphatic rings. The Labute approximate surface area is 69.1 Å². The van der Waals surface area contributed by atoms with Crippen LogP contribution in [0.2, 0.25) is 0 Å². The molecule has 0 aromatic heterocycles. The van der Waals surface area contributed by atoms with E-state index in [4.69, 9.17) is 0 Å². The molecule has 0 saturated carbocycles. The van der Waals surface area contributed by atoms with Crippen molar-refractivity contribution in [2.24, 2.45) is 0 Å². The Kier molecular flexibility index (Phi) is 8.41. The summed E-state index contributed by atoms with van der Waals surface area (Å²) >= 11 is 3.36. The molecule has 0 aliphatic carbocycles. The molecule has 0 bridgehead atoms. The number of halogens is 1. The first-order valence-corrected chi connectivity index (χ1v) is 3.65. The van der Waals surface area contributed by atoms with E-state index < -0.39 is 0 Å². The summed E-state index contributed by atoms with van der Waals surface area (Å²) in [6, 6.07) is 10.3. The van der Waals surface area contributed by atoms with Crippen molar-refractivity contribution in [3.63, 3.8) is 0 Å². The van der Waals surface area contributed by atoms with E-state index in [0.717, 1.165) is 6.10 Å². The lowest BCUT2D eigenvalue weighted by Crippen LogP contribution is -2.05. The summed E-state index contributed by atoms with van der Waals surface area (Å²) in [5, 5.41) is 0. The SMILES string of the molecule is BrBc1ccccc1.O.O. The lowest BCUT2D eigenvalue weighted by Gasteiger charge is -1.86. The molecule has 0 atom stereocenters.